The van der Waals surface area contributed by atoms with Crippen molar-refractivity contribution < 1.29 is 27.1 Å². The number of halogens is 1. The Morgan fingerprint density at radius 3 is 2.11 bits per heavy atom. The van der Waals surface area contributed by atoms with Gasteiger partial charge in [-0.1, -0.05) is 66.2 Å². The smallest absolute Gasteiger partial charge is 0.264 e. The average Bonchev–Trinajstić information content (AvgIpc) is 3.02. The molecule has 1 N–H and O–H groups in total. The minimum absolute atomic E-state index is 0.00307. The van der Waals surface area contributed by atoms with Crippen LogP contribution in [0.4, 0.5) is 10.1 Å². The maximum atomic E-state index is 14.4. The van der Waals surface area contributed by atoms with Gasteiger partial charge in [0.15, 0.2) is 0 Å². The normalized spacial score (nSPS) is 11.8. The van der Waals surface area contributed by atoms with E-state index in [1.165, 1.54) is 55.5 Å². The van der Waals surface area contributed by atoms with Gasteiger partial charge in [-0.25, -0.2) is 12.8 Å². The largest absolute Gasteiger partial charge is 0.495 e. The van der Waals surface area contributed by atoms with Crippen molar-refractivity contribution in [2.24, 2.45) is 0 Å². The third-order valence-corrected chi connectivity index (χ3v) is 9.05. The summed E-state index contributed by atoms with van der Waals surface area (Å²) >= 11 is 0. The van der Waals surface area contributed by atoms with E-state index in [1.54, 1.807) is 30.3 Å². The molecule has 0 aliphatic heterocycles. The molecule has 0 bridgehead atoms. The van der Waals surface area contributed by atoms with Gasteiger partial charge in [0.2, 0.25) is 11.8 Å². The van der Waals surface area contributed by atoms with Gasteiger partial charge in [-0.2, -0.15) is 0 Å². The van der Waals surface area contributed by atoms with Gasteiger partial charge in [0.1, 0.15) is 24.2 Å². The summed E-state index contributed by atoms with van der Waals surface area (Å²) in [7, 11) is -1.38. The molecule has 4 aromatic rings. The minimum Gasteiger partial charge on any atom is -0.495 e. The SMILES string of the molecule is CNC(=O)[C@@H](Cc1ccccc1)N(Cc1ccc(F)cc1)C(=O)CN(c1cc(C)ccc1OC)S(=O)(=O)c1ccc(C)cc1. The summed E-state index contributed by atoms with van der Waals surface area (Å²) in [5, 5.41) is 2.64. The lowest BCUT2D eigenvalue weighted by Crippen LogP contribution is -2.53. The highest BCUT2D eigenvalue weighted by atomic mass is 32.2. The summed E-state index contributed by atoms with van der Waals surface area (Å²) in [5.74, 6) is -1.24. The summed E-state index contributed by atoms with van der Waals surface area (Å²) in [6, 6.07) is 25.2. The van der Waals surface area contributed by atoms with Crippen LogP contribution in [0.5, 0.6) is 5.75 Å². The Hall–Kier alpha value is -4.70. The second-order valence-corrected chi connectivity index (χ2v) is 12.3. The number of nitrogens with zero attached hydrogens (tertiary/aromatic N) is 2. The zero-order chi connectivity index (χ0) is 31.9. The fraction of sp³-hybridized carbons (Fsp3) is 0.235. The molecule has 8 nitrogen and oxygen atoms in total. The number of hydrogen-bond donors (Lipinski definition) is 1. The van der Waals surface area contributed by atoms with Crippen molar-refractivity contribution in [2.45, 2.75) is 37.8 Å². The Morgan fingerprint density at radius 2 is 1.50 bits per heavy atom. The summed E-state index contributed by atoms with van der Waals surface area (Å²) in [6.07, 6.45) is 0.173. The maximum Gasteiger partial charge on any atom is 0.264 e. The molecule has 0 heterocycles. The first-order valence-corrected chi connectivity index (χ1v) is 15.5. The van der Waals surface area contributed by atoms with Gasteiger partial charge in [-0.3, -0.25) is 13.9 Å². The zero-order valence-electron chi connectivity index (χ0n) is 25.2. The molecule has 0 saturated heterocycles. The van der Waals surface area contributed by atoms with Crippen molar-refractivity contribution in [3.05, 3.63) is 125 Å². The van der Waals surface area contributed by atoms with Crippen molar-refractivity contribution in [1.29, 1.82) is 0 Å². The van der Waals surface area contributed by atoms with E-state index in [0.717, 1.165) is 21.0 Å². The van der Waals surface area contributed by atoms with Crippen molar-refractivity contribution in [3.8, 4) is 5.75 Å². The number of ether oxygens (including phenoxy) is 1. The lowest BCUT2D eigenvalue weighted by Gasteiger charge is -2.34. The molecule has 2 amide bonds. The second kappa shape index (κ2) is 14.2. The van der Waals surface area contributed by atoms with Gasteiger partial charge < -0.3 is 15.0 Å². The third-order valence-electron chi connectivity index (χ3n) is 7.27. The molecule has 0 aromatic heterocycles. The fourth-order valence-corrected chi connectivity index (χ4v) is 6.27. The van der Waals surface area contributed by atoms with Crippen LogP contribution in [0.1, 0.15) is 22.3 Å². The number of aryl methyl sites for hydroxylation is 2. The number of methoxy groups -OCH3 is 1. The molecule has 0 aliphatic rings. The molecule has 4 rings (SSSR count). The number of rotatable bonds is 12. The topological polar surface area (TPSA) is 96.0 Å². The van der Waals surface area contributed by atoms with E-state index in [1.807, 2.05) is 44.2 Å². The third kappa shape index (κ3) is 7.62. The molecule has 4 aromatic carbocycles. The van der Waals surface area contributed by atoms with Crippen LogP contribution in [0.3, 0.4) is 0 Å². The van der Waals surface area contributed by atoms with Crippen LogP contribution in [-0.4, -0.2) is 51.9 Å². The minimum atomic E-state index is -4.28. The molecule has 0 fully saturated rings. The number of carbonyl (C=O) groups excluding carboxylic acids is 2. The molecule has 0 unspecified atom stereocenters. The van der Waals surface area contributed by atoms with E-state index in [-0.39, 0.29) is 29.3 Å². The number of amides is 2. The van der Waals surface area contributed by atoms with Gasteiger partial charge in [0, 0.05) is 20.0 Å². The van der Waals surface area contributed by atoms with Gasteiger partial charge in [-0.05, 0) is 66.9 Å². The summed E-state index contributed by atoms with van der Waals surface area (Å²) < 4.78 is 48.7. The van der Waals surface area contributed by atoms with Crippen LogP contribution < -0.4 is 14.4 Å². The highest BCUT2D eigenvalue weighted by Crippen LogP contribution is 2.34. The first-order chi connectivity index (χ1) is 21.0. The molecule has 10 heteroatoms. The number of anilines is 1. The Balaban J connectivity index is 1.83. The van der Waals surface area contributed by atoms with Crippen molar-refractivity contribution >= 4 is 27.5 Å². The van der Waals surface area contributed by atoms with Crippen molar-refractivity contribution in [2.75, 3.05) is 25.0 Å². The van der Waals surface area contributed by atoms with Gasteiger partial charge in [-0.15, -0.1) is 0 Å². The zero-order valence-corrected chi connectivity index (χ0v) is 26.0. The number of sulfonamides is 1. The van der Waals surface area contributed by atoms with Crippen molar-refractivity contribution in [1.82, 2.24) is 10.2 Å². The van der Waals surface area contributed by atoms with E-state index >= 15 is 0 Å². The standard InChI is InChI=1S/C34H36FN3O5S/c1-24-10-17-29(18-11-24)44(41,42)38(30-20-25(2)12-19-32(30)43-4)23-33(39)37(22-27-13-15-28(35)16-14-27)31(34(40)36-3)21-26-8-6-5-7-9-26/h5-20,31H,21-23H2,1-4H3,(H,36,40)/t31-/m1/s1. The molecule has 44 heavy (non-hydrogen) atoms. The first kappa shape index (κ1) is 32.2. The predicted molar refractivity (Wildman–Crippen MR) is 168 cm³/mol. The number of benzene rings is 4. The van der Waals surface area contributed by atoms with E-state index in [9.17, 15) is 22.4 Å². The Labute approximate surface area is 258 Å². The summed E-state index contributed by atoms with van der Waals surface area (Å²) in [5.41, 5.74) is 3.19. The lowest BCUT2D eigenvalue weighted by molar-refractivity contribution is -0.139. The Bertz CT molecular complexity index is 1700. The first-order valence-electron chi connectivity index (χ1n) is 14.1. The van der Waals surface area contributed by atoms with Crippen LogP contribution in [-0.2, 0) is 32.6 Å². The Morgan fingerprint density at radius 1 is 0.864 bits per heavy atom. The van der Waals surface area contributed by atoms with Crippen LogP contribution in [0.2, 0.25) is 0 Å². The second-order valence-electron chi connectivity index (χ2n) is 10.5. The maximum absolute atomic E-state index is 14.4. The molecular formula is C34H36FN3O5S. The van der Waals surface area contributed by atoms with E-state index in [0.29, 0.717) is 5.56 Å². The van der Waals surface area contributed by atoms with Gasteiger partial charge >= 0.3 is 0 Å². The highest BCUT2D eigenvalue weighted by molar-refractivity contribution is 7.92. The number of hydrogen-bond acceptors (Lipinski definition) is 5. The molecular weight excluding hydrogens is 581 g/mol. The van der Waals surface area contributed by atoms with Crippen LogP contribution in [0.25, 0.3) is 0 Å². The molecule has 1 atom stereocenters. The monoisotopic (exact) mass is 617 g/mol. The van der Waals surface area contributed by atoms with Crippen molar-refractivity contribution in [3.63, 3.8) is 0 Å². The predicted octanol–water partition coefficient (Wildman–Crippen LogP) is 5.03. The van der Waals surface area contributed by atoms with Crippen LogP contribution >= 0.6 is 0 Å². The molecule has 230 valence electrons. The fourth-order valence-electron chi connectivity index (χ4n) is 4.85. The van der Waals surface area contributed by atoms with E-state index in [4.69, 9.17) is 4.74 Å². The molecule has 0 spiro atoms. The lowest BCUT2D eigenvalue weighted by atomic mass is 10.0. The summed E-state index contributed by atoms with van der Waals surface area (Å²) in [4.78, 5) is 29.1. The Kier molecular flexibility index (Phi) is 10.4. The summed E-state index contributed by atoms with van der Waals surface area (Å²) in [6.45, 7) is 2.97. The van der Waals surface area contributed by atoms with Gasteiger partial charge in [0.05, 0.1) is 17.7 Å². The number of nitrogens with one attached hydrogen (secondary N) is 1. The molecule has 0 aliphatic carbocycles. The highest BCUT2D eigenvalue weighted by Gasteiger charge is 2.35. The number of carbonyl (C=O) groups is 2. The average molecular weight is 618 g/mol. The molecule has 0 radical (unpaired) electrons. The quantitative estimate of drug-likeness (QED) is 0.241. The van der Waals surface area contributed by atoms with Crippen LogP contribution in [0, 0.1) is 19.7 Å². The van der Waals surface area contributed by atoms with E-state index in [2.05, 4.69) is 5.32 Å². The van der Waals surface area contributed by atoms with E-state index < -0.39 is 40.2 Å². The van der Waals surface area contributed by atoms with Crippen LogP contribution in [0.15, 0.2) is 102 Å². The number of likely N-dealkylation sites (N-methyl/N-ethyl adjacent to an activating group) is 1. The van der Waals surface area contributed by atoms with Gasteiger partial charge in [0.25, 0.3) is 10.0 Å². The molecule has 0 saturated carbocycles.